The summed E-state index contributed by atoms with van der Waals surface area (Å²) in [5.74, 6) is -0.337. The van der Waals surface area contributed by atoms with Crippen LogP contribution < -0.4 is 10.6 Å². The molecule has 2 rings (SSSR count). The summed E-state index contributed by atoms with van der Waals surface area (Å²) in [6.07, 6.45) is 1.43. The Labute approximate surface area is 127 Å². The van der Waals surface area contributed by atoms with Gasteiger partial charge in [0.1, 0.15) is 5.15 Å². The predicted molar refractivity (Wildman–Crippen MR) is 81.2 cm³/mol. The molecule has 0 saturated heterocycles. The maximum atomic E-state index is 11.9. The van der Waals surface area contributed by atoms with Gasteiger partial charge in [0.2, 0.25) is 5.91 Å². The van der Waals surface area contributed by atoms with Gasteiger partial charge in [-0.1, -0.05) is 23.7 Å². The zero-order valence-corrected chi connectivity index (χ0v) is 12.1. The van der Waals surface area contributed by atoms with Crippen molar-refractivity contribution in [2.45, 2.75) is 13.5 Å². The van der Waals surface area contributed by atoms with Crippen LogP contribution in [0.4, 0.5) is 5.69 Å². The monoisotopic (exact) mass is 303 g/mol. The van der Waals surface area contributed by atoms with E-state index in [9.17, 15) is 9.59 Å². The number of nitrogens with one attached hydrogen (secondary N) is 2. The van der Waals surface area contributed by atoms with E-state index < -0.39 is 0 Å². The Kier molecular flexibility index (Phi) is 4.90. The van der Waals surface area contributed by atoms with Gasteiger partial charge < -0.3 is 10.6 Å². The zero-order chi connectivity index (χ0) is 15.2. The van der Waals surface area contributed by atoms with Gasteiger partial charge in [-0.15, -0.1) is 0 Å². The number of anilines is 1. The Bertz CT molecular complexity index is 639. The molecule has 0 atom stereocenters. The molecular formula is C15H14ClN3O2. The maximum Gasteiger partial charge on any atom is 0.253 e. The van der Waals surface area contributed by atoms with Crippen molar-refractivity contribution in [2.75, 3.05) is 5.32 Å². The van der Waals surface area contributed by atoms with Crippen molar-refractivity contribution in [1.82, 2.24) is 10.3 Å². The summed E-state index contributed by atoms with van der Waals surface area (Å²) in [5, 5.41) is 5.81. The van der Waals surface area contributed by atoms with Gasteiger partial charge in [-0.2, -0.15) is 0 Å². The molecule has 108 valence electrons. The second kappa shape index (κ2) is 6.85. The van der Waals surface area contributed by atoms with Crippen molar-refractivity contribution in [1.29, 1.82) is 0 Å². The third-order valence-corrected chi connectivity index (χ3v) is 2.94. The molecule has 1 aromatic carbocycles. The van der Waals surface area contributed by atoms with Crippen molar-refractivity contribution in [2.24, 2.45) is 0 Å². The topological polar surface area (TPSA) is 71.1 Å². The van der Waals surface area contributed by atoms with Crippen molar-refractivity contribution in [3.8, 4) is 0 Å². The van der Waals surface area contributed by atoms with Crippen LogP contribution in [0.5, 0.6) is 0 Å². The molecule has 1 heterocycles. The lowest BCUT2D eigenvalue weighted by Crippen LogP contribution is -2.22. The summed E-state index contributed by atoms with van der Waals surface area (Å²) < 4.78 is 0. The Morgan fingerprint density at radius 2 is 1.86 bits per heavy atom. The lowest BCUT2D eigenvalue weighted by Gasteiger charge is -2.07. The first-order chi connectivity index (χ1) is 10.0. The van der Waals surface area contributed by atoms with E-state index >= 15 is 0 Å². The first kappa shape index (κ1) is 15.0. The van der Waals surface area contributed by atoms with E-state index in [0.717, 1.165) is 11.3 Å². The summed E-state index contributed by atoms with van der Waals surface area (Å²) in [5.41, 5.74) is 2.10. The van der Waals surface area contributed by atoms with Gasteiger partial charge in [0.25, 0.3) is 5.91 Å². The maximum absolute atomic E-state index is 11.9. The fourth-order valence-electron chi connectivity index (χ4n) is 1.70. The molecule has 0 aliphatic carbocycles. The van der Waals surface area contributed by atoms with E-state index in [1.165, 1.54) is 13.1 Å². The number of carbonyl (C=O) groups is 2. The van der Waals surface area contributed by atoms with Crippen LogP contribution in [0.25, 0.3) is 0 Å². The number of pyridine rings is 1. The Hall–Kier alpha value is -2.40. The molecule has 0 spiro atoms. The van der Waals surface area contributed by atoms with Crippen molar-refractivity contribution >= 4 is 29.1 Å². The smallest absolute Gasteiger partial charge is 0.253 e. The molecule has 6 heteroatoms. The van der Waals surface area contributed by atoms with E-state index in [0.29, 0.717) is 17.3 Å². The summed E-state index contributed by atoms with van der Waals surface area (Å²) in [6.45, 7) is 1.84. The van der Waals surface area contributed by atoms with Crippen LogP contribution in [0.15, 0.2) is 42.6 Å². The van der Waals surface area contributed by atoms with Crippen LogP contribution in [-0.4, -0.2) is 16.8 Å². The van der Waals surface area contributed by atoms with Crippen LogP contribution in [0, 0.1) is 0 Å². The van der Waals surface area contributed by atoms with Crippen LogP contribution in [0.1, 0.15) is 22.8 Å². The van der Waals surface area contributed by atoms with E-state index in [2.05, 4.69) is 15.6 Å². The molecule has 0 saturated carbocycles. The first-order valence-corrected chi connectivity index (χ1v) is 6.68. The van der Waals surface area contributed by atoms with E-state index in [1.54, 1.807) is 24.3 Å². The van der Waals surface area contributed by atoms with E-state index in [1.807, 2.05) is 12.1 Å². The van der Waals surface area contributed by atoms with Crippen molar-refractivity contribution in [3.63, 3.8) is 0 Å². The number of benzene rings is 1. The molecule has 0 unspecified atom stereocenters. The molecule has 2 N–H and O–H groups in total. The molecule has 5 nitrogen and oxygen atoms in total. The summed E-state index contributed by atoms with van der Waals surface area (Å²) in [7, 11) is 0. The van der Waals surface area contributed by atoms with Crippen LogP contribution in [0.3, 0.4) is 0 Å². The quantitative estimate of drug-likeness (QED) is 0.853. The highest BCUT2D eigenvalue weighted by Gasteiger charge is 2.05. The number of aromatic nitrogens is 1. The highest BCUT2D eigenvalue weighted by molar-refractivity contribution is 6.29. The van der Waals surface area contributed by atoms with Gasteiger partial charge in [0, 0.05) is 25.4 Å². The van der Waals surface area contributed by atoms with Crippen molar-refractivity contribution in [3.05, 3.63) is 58.9 Å². The van der Waals surface area contributed by atoms with Gasteiger partial charge in [-0.25, -0.2) is 4.98 Å². The Morgan fingerprint density at radius 3 is 2.43 bits per heavy atom. The lowest BCUT2D eigenvalue weighted by molar-refractivity contribution is -0.114. The van der Waals surface area contributed by atoms with Gasteiger partial charge in [-0.05, 0) is 29.8 Å². The number of carbonyl (C=O) groups excluding carboxylic acids is 2. The second-order valence-corrected chi connectivity index (χ2v) is 4.82. The minimum absolute atomic E-state index is 0.119. The third kappa shape index (κ3) is 4.57. The normalized spacial score (nSPS) is 10.0. The minimum atomic E-state index is -0.217. The minimum Gasteiger partial charge on any atom is -0.348 e. The molecule has 2 amide bonds. The number of halogens is 1. The van der Waals surface area contributed by atoms with Gasteiger partial charge in [-0.3, -0.25) is 9.59 Å². The second-order valence-electron chi connectivity index (χ2n) is 4.43. The third-order valence-electron chi connectivity index (χ3n) is 2.72. The number of rotatable bonds is 4. The molecule has 0 aliphatic rings. The lowest BCUT2D eigenvalue weighted by atomic mass is 10.2. The van der Waals surface area contributed by atoms with Gasteiger partial charge in [0.05, 0.1) is 5.56 Å². The predicted octanol–water partition coefficient (Wildman–Crippen LogP) is 2.62. The SMILES string of the molecule is CC(=O)Nc1ccc(CNC(=O)c2ccc(Cl)nc2)cc1. The molecule has 0 fully saturated rings. The zero-order valence-electron chi connectivity index (χ0n) is 11.4. The van der Waals surface area contributed by atoms with Gasteiger partial charge in [0.15, 0.2) is 0 Å². The summed E-state index contributed by atoms with van der Waals surface area (Å²) in [4.78, 5) is 26.7. The standard InChI is InChI=1S/C15H14ClN3O2/c1-10(20)19-13-5-2-11(3-6-13)8-18-15(21)12-4-7-14(16)17-9-12/h2-7,9H,8H2,1H3,(H,18,21)(H,19,20). The highest BCUT2D eigenvalue weighted by atomic mass is 35.5. The molecule has 1 aromatic heterocycles. The average Bonchev–Trinajstić information content (AvgIpc) is 2.46. The summed E-state index contributed by atoms with van der Waals surface area (Å²) >= 11 is 5.67. The fourth-order valence-corrected chi connectivity index (χ4v) is 1.82. The first-order valence-electron chi connectivity index (χ1n) is 6.31. The average molecular weight is 304 g/mol. The van der Waals surface area contributed by atoms with Crippen LogP contribution >= 0.6 is 11.6 Å². The molecule has 0 aliphatic heterocycles. The van der Waals surface area contributed by atoms with E-state index in [4.69, 9.17) is 11.6 Å². The van der Waals surface area contributed by atoms with Crippen LogP contribution in [-0.2, 0) is 11.3 Å². The number of amides is 2. The largest absolute Gasteiger partial charge is 0.348 e. The highest BCUT2D eigenvalue weighted by Crippen LogP contribution is 2.10. The van der Waals surface area contributed by atoms with E-state index in [-0.39, 0.29) is 11.8 Å². The Balaban J connectivity index is 1.92. The molecule has 0 bridgehead atoms. The number of hydrogen-bond donors (Lipinski definition) is 2. The molecular weight excluding hydrogens is 290 g/mol. The number of nitrogens with zero attached hydrogens (tertiary/aromatic N) is 1. The van der Waals surface area contributed by atoms with Crippen LogP contribution in [0.2, 0.25) is 5.15 Å². The molecule has 0 radical (unpaired) electrons. The van der Waals surface area contributed by atoms with Gasteiger partial charge >= 0.3 is 0 Å². The van der Waals surface area contributed by atoms with Crippen molar-refractivity contribution < 1.29 is 9.59 Å². The number of hydrogen-bond acceptors (Lipinski definition) is 3. The summed E-state index contributed by atoms with van der Waals surface area (Å²) in [6, 6.07) is 10.4. The Morgan fingerprint density at radius 1 is 1.14 bits per heavy atom. The molecule has 2 aromatic rings. The fraction of sp³-hybridized carbons (Fsp3) is 0.133. The molecule has 21 heavy (non-hydrogen) atoms.